The number of imidazole rings is 1. The molecular formula is C21H25N5O2. The average molecular weight is 379 g/mol. The summed E-state index contributed by atoms with van der Waals surface area (Å²) in [6.45, 7) is 8.50. The lowest BCUT2D eigenvalue weighted by Gasteiger charge is -2.43. The van der Waals surface area contributed by atoms with Crippen molar-refractivity contribution in [1.82, 2.24) is 23.8 Å². The van der Waals surface area contributed by atoms with Gasteiger partial charge in [-0.25, -0.2) is 4.98 Å². The van der Waals surface area contributed by atoms with Gasteiger partial charge in [-0.2, -0.15) is 0 Å². The smallest absolute Gasteiger partial charge is 0.291 e. The molecule has 28 heavy (non-hydrogen) atoms. The standard InChI is InChI=1S/C21H25N5O2/c1-13(2)9-24-10-14-5-16(12-24)17-6-15(7-19(27)26(17)11-14)18-8-23-20-21(28)22-3-4-25(18)20/h3-4,6-8,13-14,16H,5,9-12H2,1-2H3,(H,22,28)/t14-,16+/m0/s1. The zero-order valence-corrected chi connectivity index (χ0v) is 16.3. The highest BCUT2D eigenvalue weighted by molar-refractivity contribution is 5.63. The molecule has 1 N–H and O–H groups in total. The Morgan fingerprint density at radius 3 is 2.89 bits per heavy atom. The van der Waals surface area contributed by atoms with Crippen molar-refractivity contribution in [2.24, 2.45) is 11.8 Å². The topological polar surface area (TPSA) is 75.4 Å². The number of hydrogen-bond donors (Lipinski definition) is 1. The lowest BCUT2D eigenvalue weighted by molar-refractivity contribution is 0.109. The van der Waals surface area contributed by atoms with E-state index in [0.717, 1.165) is 49.6 Å². The number of nitrogens with one attached hydrogen (secondary N) is 1. The molecule has 2 aliphatic heterocycles. The van der Waals surface area contributed by atoms with E-state index in [1.54, 1.807) is 29.1 Å². The van der Waals surface area contributed by atoms with Crippen LogP contribution < -0.4 is 11.1 Å². The Morgan fingerprint density at radius 2 is 2.07 bits per heavy atom. The van der Waals surface area contributed by atoms with E-state index in [1.807, 2.05) is 4.57 Å². The first kappa shape index (κ1) is 17.4. The van der Waals surface area contributed by atoms with Crippen LogP contribution in [-0.4, -0.2) is 43.5 Å². The van der Waals surface area contributed by atoms with Crippen LogP contribution in [0.15, 0.2) is 40.3 Å². The van der Waals surface area contributed by atoms with Gasteiger partial charge in [-0.3, -0.25) is 14.0 Å². The van der Waals surface area contributed by atoms with Gasteiger partial charge in [0.05, 0.1) is 11.9 Å². The molecule has 146 valence electrons. The quantitative estimate of drug-likeness (QED) is 0.755. The molecule has 2 atom stereocenters. The molecule has 7 heteroatoms. The average Bonchev–Trinajstić information content (AvgIpc) is 3.07. The first-order valence-corrected chi connectivity index (χ1v) is 10.0. The normalized spacial score (nSPS) is 22.0. The van der Waals surface area contributed by atoms with E-state index >= 15 is 0 Å². The molecule has 0 radical (unpaired) electrons. The number of piperidine rings is 1. The van der Waals surface area contributed by atoms with Crippen molar-refractivity contribution < 1.29 is 0 Å². The highest BCUT2D eigenvalue weighted by Gasteiger charge is 2.35. The molecule has 3 aromatic heterocycles. The highest BCUT2D eigenvalue weighted by Crippen LogP contribution is 2.36. The van der Waals surface area contributed by atoms with Crippen LogP contribution in [0.4, 0.5) is 0 Å². The summed E-state index contributed by atoms with van der Waals surface area (Å²) in [4.78, 5) is 34.3. The molecule has 5 heterocycles. The van der Waals surface area contributed by atoms with Gasteiger partial charge in [-0.1, -0.05) is 13.8 Å². The number of aromatic amines is 1. The zero-order valence-electron chi connectivity index (χ0n) is 16.3. The number of likely N-dealkylation sites (tertiary alicyclic amines) is 1. The fourth-order valence-corrected chi connectivity index (χ4v) is 5.02. The minimum atomic E-state index is -0.233. The van der Waals surface area contributed by atoms with Crippen molar-refractivity contribution in [2.75, 3.05) is 19.6 Å². The highest BCUT2D eigenvalue weighted by atomic mass is 16.1. The fourth-order valence-electron chi connectivity index (χ4n) is 5.02. The molecule has 0 spiro atoms. The van der Waals surface area contributed by atoms with Crippen molar-refractivity contribution in [2.45, 2.75) is 32.7 Å². The molecule has 2 bridgehead atoms. The van der Waals surface area contributed by atoms with Crippen molar-refractivity contribution >= 4 is 5.65 Å². The van der Waals surface area contributed by atoms with E-state index in [1.165, 1.54) is 0 Å². The van der Waals surface area contributed by atoms with Gasteiger partial charge in [0, 0.05) is 61.8 Å². The van der Waals surface area contributed by atoms with E-state index in [9.17, 15) is 9.59 Å². The number of pyridine rings is 1. The third kappa shape index (κ3) is 2.81. The van der Waals surface area contributed by atoms with E-state index in [0.29, 0.717) is 23.4 Å². The predicted octanol–water partition coefficient (Wildman–Crippen LogP) is 1.93. The Labute approximate surface area is 162 Å². The molecule has 0 aromatic carbocycles. The molecule has 2 aliphatic rings. The van der Waals surface area contributed by atoms with E-state index in [4.69, 9.17) is 0 Å². The fraction of sp³-hybridized carbons (Fsp3) is 0.476. The van der Waals surface area contributed by atoms with Crippen molar-refractivity contribution in [1.29, 1.82) is 0 Å². The monoisotopic (exact) mass is 379 g/mol. The van der Waals surface area contributed by atoms with Crippen LogP contribution in [0.25, 0.3) is 16.9 Å². The van der Waals surface area contributed by atoms with Gasteiger partial charge in [-0.05, 0) is 24.3 Å². The molecule has 0 saturated carbocycles. The van der Waals surface area contributed by atoms with Gasteiger partial charge in [-0.15, -0.1) is 0 Å². The van der Waals surface area contributed by atoms with Crippen molar-refractivity contribution in [3.8, 4) is 11.3 Å². The van der Waals surface area contributed by atoms with Crippen LogP contribution in [0, 0.1) is 11.8 Å². The first-order valence-electron chi connectivity index (χ1n) is 10.0. The van der Waals surface area contributed by atoms with Gasteiger partial charge in [0.25, 0.3) is 11.1 Å². The molecule has 3 aromatic rings. The Morgan fingerprint density at radius 1 is 1.21 bits per heavy atom. The van der Waals surface area contributed by atoms with Crippen LogP contribution in [0.1, 0.15) is 31.9 Å². The number of hydrogen-bond acceptors (Lipinski definition) is 4. The summed E-state index contributed by atoms with van der Waals surface area (Å²) in [6.07, 6.45) is 6.19. The van der Waals surface area contributed by atoms with Crippen molar-refractivity contribution in [3.05, 3.63) is 57.1 Å². The predicted molar refractivity (Wildman–Crippen MR) is 108 cm³/mol. The molecule has 5 rings (SSSR count). The number of rotatable bonds is 3. The third-order valence-corrected chi connectivity index (χ3v) is 5.99. The lowest BCUT2D eigenvalue weighted by atomic mass is 9.82. The minimum absolute atomic E-state index is 0.0410. The Hall–Kier alpha value is -2.67. The largest absolute Gasteiger partial charge is 0.324 e. The van der Waals surface area contributed by atoms with E-state index in [2.05, 4.69) is 34.8 Å². The summed E-state index contributed by atoms with van der Waals surface area (Å²) >= 11 is 0. The summed E-state index contributed by atoms with van der Waals surface area (Å²) < 4.78 is 3.72. The number of fused-ring (bicyclic) bond motifs is 5. The van der Waals surface area contributed by atoms with Gasteiger partial charge >= 0.3 is 0 Å². The van der Waals surface area contributed by atoms with Gasteiger partial charge in [0.1, 0.15) is 0 Å². The van der Waals surface area contributed by atoms with Crippen LogP contribution >= 0.6 is 0 Å². The van der Waals surface area contributed by atoms with Crippen LogP contribution in [0.3, 0.4) is 0 Å². The second-order valence-electron chi connectivity index (χ2n) is 8.66. The second-order valence-corrected chi connectivity index (χ2v) is 8.66. The maximum atomic E-state index is 12.9. The van der Waals surface area contributed by atoms with Crippen molar-refractivity contribution in [3.63, 3.8) is 0 Å². The summed E-state index contributed by atoms with van der Waals surface area (Å²) in [5, 5.41) is 0. The third-order valence-electron chi connectivity index (χ3n) is 5.99. The SMILES string of the molecule is CC(C)CN1C[C@@H]2C[C@H](C1)c1cc(-c3cnc4c(=O)[nH]ccn34)cc(=O)n1C2. The molecule has 0 unspecified atom stereocenters. The maximum absolute atomic E-state index is 12.9. The first-order chi connectivity index (χ1) is 13.5. The Bertz CT molecular complexity index is 1160. The minimum Gasteiger partial charge on any atom is -0.324 e. The summed E-state index contributed by atoms with van der Waals surface area (Å²) in [5.74, 6) is 1.56. The Balaban J connectivity index is 1.59. The summed E-state index contributed by atoms with van der Waals surface area (Å²) in [7, 11) is 0. The van der Waals surface area contributed by atoms with E-state index < -0.39 is 0 Å². The number of H-pyrrole nitrogens is 1. The molecule has 1 saturated heterocycles. The zero-order chi connectivity index (χ0) is 19.4. The van der Waals surface area contributed by atoms with E-state index in [-0.39, 0.29) is 11.1 Å². The van der Waals surface area contributed by atoms with Gasteiger partial charge < -0.3 is 14.5 Å². The number of nitrogens with zero attached hydrogens (tertiary/aromatic N) is 4. The number of aromatic nitrogens is 4. The van der Waals surface area contributed by atoms with Gasteiger partial charge in [0.15, 0.2) is 0 Å². The molecule has 7 nitrogen and oxygen atoms in total. The Kier molecular flexibility index (Phi) is 4.01. The van der Waals surface area contributed by atoms with Crippen LogP contribution in [-0.2, 0) is 6.54 Å². The lowest BCUT2D eigenvalue weighted by Crippen LogP contribution is -2.48. The summed E-state index contributed by atoms with van der Waals surface area (Å²) in [5.41, 5.74) is 2.87. The molecular weight excluding hydrogens is 354 g/mol. The van der Waals surface area contributed by atoms with Crippen LogP contribution in [0.5, 0.6) is 0 Å². The molecule has 1 fully saturated rings. The second kappa shape index (κ2) is 6.44. The summed E-state index contributed by atoms with van der Waals surface area (Å²) in [6, 6.07) is 3.81. The van der Waals surface area contributed by atoms with Crippen LogP contribution in [0.2, 0.25) is 0 Å². The molecule has 0 amide bonds. The molecule has 0 aliphatic carbocycles. The van der Waals surface area contributed by atoms with Gasteiger partial charge in [0.2, 0.25) is 5.65 Å². The maximum Gasteiger partial charge on any atom is 0.291 e.